The Kier molecular flexibility index (Phi) is 8.97. The van der Waals surface area contributed by atoms with Gasteiger partial charge in [-0.25, -0.2) is 8.37 Å². The van der Waals surface area contributed by atoms with Crippen LogP contribution in [0, 0.1) is 46.3 Å². The lowest BCUT2D eigenvalue weighted by atomic mass is 9.44. The summed E-state index contributed by atoms with van der Waals surface area (Å²) in [4.78, 5) is 0. The molecule has 0 aromatic heterocycles. The number of hydrogen-bond acceptors (Lipinski definition) is 9. The average Bonchev–Trinajstić information content (AvgIpc) is 3.33. The fourth-order valence-electron chi connectivity index (χ4n) is 11.8. The van der Waals surface area contributed by atoms with Crippen molar-refractivity contribution in [2.75, 3.05) is 0 Å². The van der Waals surface area contributed by atoms with E-state index in [2.05, 4.69) is 54.5 Å². The topological polar surface area (TPSA) is 155 Å². The molecule has 2 heterocycles. The van der Waals surface area contributed by atoms with Crippen LogP contribution in [-0.4, -0.2) is 61.9 Å². The van der Waals surface area contributed by atoms with Gasteiger partial charge in [0.05, 0.1) is 12.2 Å². The molecular weight excluding hydrogens is 636 g/mol. The van der Waals surface area contributed by atoms with Crippen LogP contribution < -0.4 is 0 Å². The summed E-state index contributed by atoms with van der Waals surface area (Å²) in [5, 5.41) is 0. The molecular formula is C33H54O11S2. The van der Waals surface area contributed by atoms with Gasteiger partial charge in [0, 0.05) is 12.3 Å². The quantitative estimate of drug-likeness (QED) is 0.208. The molecule has 6 fully saturated rings. The highest BCUT2D eigenvalue weighted by molar-refractivity contribution is 7.81. The molecule has 2 bridgehead atoms. The molecule has 2 saturated heterocycles. The van der Waals surface area contributed by atoms with E-state index in [0.717, 1.165) is 44.9 Å². The fourth-order valence-corrected chi connectivity index (χ4v) is 12.8. The molecule has 0 aromatic carbocycles. The van der Waals surface area contributed by atoms with Crippen LogP contribution in [0.5, 0.6) is 0 Å². The number of hydrogen-bond donors (Lipinski definition) is 2. The minimum atomic E-state index is -4.89. The average molecular weight is 691 g/mol. The van der Waals surface area contributed by atoms with Crippen molar-refractivity contribution < 1.29 is 48.5 Å². The van der Waals surface area contributed by atoms with Crippen LogP contribution in [0.4, 0.5) is 0 Å². The van der Waals surface area contributed by atoms with E-state index >= 15 is 0 Å². The van der Waals surface area contributed by atoms with E-state index < -0.39 is 44.6 Å². The van der Waals surface area contributed by atoms with Gasteiger partial charge in [-0.1, -0.05) is 46.3 Å². The predicted octanol–water partition coefficient (Wildman–Crippen LogP) is 6.26. The standard InChI is InChI=1S/C33H54O11S2/c1-8-13-33-40-26-17-24-22-11-10-21-16-25(42-45(34,35)36)27(43-46(37,38)39)18-31(21,6)23(22)12-14-30(24,5)29(26)32(7,44-33)28(41-33)15-20(9-2)19(3)4/h9,19,21-29H,8,10-18H2,1-7H3,(H,34,35,36)(H,37,38,39). The van der Waals surface area contributed by atoms with Crippen LogP contribution in [0.3, 0.4) is 0 Å². The zero-order chi connectivity index (χ0) is 33.7. The molecule has 2 N–H and O–H groups in total. The van der Waals surface area contributed by atoms with Gasteiger partial charge in [-0.2, -0.15) is 16.8 Å². The monoisotopic (exact) mass is 690 g/mol. The predicted molar refractivity (Wildman–Crippen MR) is 169 cm³/mol. The van der Waals surface area contributed by atoms with Gasteiger partial charge in [-0.3, -0.25) is 9.11 Å². The van der Waals surface area contributed by atoms with Crippen molar-refractivity contribution in [1.82, 2.24) is 0 Å². The summed E-state index contributed by atoms with van der Waals surface area (Å²) in [6.45, 7) is 15.5. The summed E-state index contributed by atoms with van der Waals surface area (Å²) in [6, 6.07) is 0. The first-order chi connectivity index (χ1) is 21.3. The highest BCUT2D eigenvalue weighted by Crippen LogP contribution is 2.72. The molecule has 0 spiro atoms. The van der Waals surface area contributed by atoms with Crippen molar-refractivity contribution in [3.8, 4) is 0 Å². The van der Waals surface area contributed by atoms with Crippen LogP contribution >= 0.6 is 0 Å². The summed E-state index contributed by atoms with van der Waals surface area (Å²) in [7, 11) is -9.75. The first-order valence-corrected chi connectivity index (χ1v) is 20.0. The van der Waals surface area contributed by atoms with Gasteiger partial charge in [0.25, 0.3) is 5.97 Å². The maximum atomic E-state index is 11.8. The minimum absolute atomic E-state index is 0.00260. The molecule has 2 aliphatic heterocycles. The maximum Gasteiger partial charge on any atom is 0.397 e. The lowest BCUT2D eigenvalue weighted by Crippen LogP contribution is -2.61. The Morgan fingerprint density at radius 3 is 2.22 bits per heavy atom. The van der Waals surface area contributed by atoms with Gasteiger partial charge >= 0.3 is 20.8 Å². The molecule has 0 amide bonds. The maximum absolute atomic E-state index is 11.8. The minimum Gasteiger partial charge on any atom is -0.324 e. The molecule has 13 heteroatoms. The highest BCUT2D eigenvalue weighted by atomic mass is 32.3. The van der Waals surface area contributed by atoms with Crippen molar-refractivity contribution in [3.63, 3.8) is 0 Å². The molecule has 0 aromatic rings. The first-order valence-electron chi connectivity index (χ1n) is 17.3. The second-order valence-corrected chi connectivity index (χ2v) is 18.3. The Balaban J connectivity index is 1.31. The second-order valence-electron chi connectivity index (χ2n) is 16.2. The van der Waals surface area contributed by atoms with Crippen LogP contribution in [0.15, 0.2) is 11.6 Å². The van der Waals surface area contributed by atoms with Crippen molar-refractivity contribution in [1.29, 1.82) is 0 Å². The van der Waals surface area contributed by atoms with Crippen LogP contribution in [0.25, 0.3) is 0 Å². The lowest BCUT2D eigenvalue weighted by Gasteiger charge is -2.62. The molecule has 0 radical (unpaired) electrons. The van der Waals surface area contributed by atoms with E-state index in [9.17, 15) is 25.9 Å². The van der Waals surface area contributed by atoms with Crippen LogP contribution in [-0.2, 0) is 43.4 Å². The third-order valence-corrected chi connectivity index (χ3v) is 14.5. The largest absolute Gasteiger partial charge is 0.397 e. The summed E-state index contributed by atoms with van der Waals surface area (Å²) < 4.78 is 96.7. The molecule has 11 nitrogen and oxygen atoms in total. The van der Waals surface area contributed by atoms with Gasteiger partial charge in [-0.05, 0) is 112 Å². The fraction of sp³-hybridized carbons (Fsp3) is 0.939. The molecule has 4 saturated carbocycles. The van der Waals surface area contributed by atoms with E-state index in [0.29, 0.717) is 24.2 Å². The van der Waals surface area contributed by atoms with Gasteiger partial charge in [0.1, 0.15) is 17.8 Å². The van der Waals surface area contributed by atoms with Crippen molar-refractivity contribution in [3.05, 3.63) is 11.6 Å². The number of rotatable bonds is 9. The van der Waals surface area contributed by atoms with E-state index in [1.54, 1.807) is 0 Å². The Hall–Kier alpha value is -0.640. The zero-order valence-electron chi connectivity index (χ0n) is 28.3. The van der Waals surface area contributed by atoms with E-state index in [1.807, 2.05) is 0 Å². The summed E-state index contributed by atoms with van der Waals surface area (Å²) in [6.07, 6.45) is 6.95. The van der Waals surface area contributed by atoms with E-state index in [1.165, 1.54) is 5.57 Å². The first kappa shape index (κ1) is 35.2. The number of ether oxygens (including phenoxy) is 3. The SMILES string of the molecule is CC=C(CC1OC2(CCC)OC3CC4C5CCC6CC(OS(=O)(=O)O)C(OS(=O)(=O)O)CC6(C)C5CCC4(C)C3C1(C)O2)C(C)C. The lowest BCUT2D eigenvalue weighted by molar-refractivity contribution is -0.403. The molecule has 6 rings (SSSR count). The normalized spacial score (nSPS) is 48.9. The highest BCUT2D eigenvalue weighted by Gasteiger charge is 2.74. The van der Waals surface area contributed by atoms with Crippen LogP contribution in [0.1, 0.15) is 113 Å². The van der Waals surface area contributed by atoms with E-state index in [-0.39, 0.29) is 53.6 Å². The van der Waals surface area contributed by atoms with Crippen molar-refractivity contribution >= 4 is 20.8 Å². The molecule has 4 aliphatic carbocycles. The third-order valence-electron chi connectivity index (χ3n) is 13.5. The molecule has 13 atom stereocenters. The molecule has 46 heavy (non-hydrogen) atoms. The van der Waals surface area contributed by atoms with Crippen molar-refractivity contribution in [2.45, 2.75) is 149 Å². The second kappa shape index (κ2) is 11.7. The molecule has 264 valence electrons. The van der Waals surface area contributed by atoms with Crippen LogP contribution in [0.2, 0.25) is 0 Å². The smallest absolute Gasteiger partial charge is 0.324 e. The van der Waals surface area contributed by atoms with E-state index in [4.69, 9.17) is 22.6 Å². The summed E-state index contributed by atoms with van der Waals surface area (Å²) >= 11 is 0. The third kappa shape index (κ3) is 5.85. The number of allylic oxidation sites excluding steroid dienone is 1. The van der Waals surface area contributed by atoms with Crippen molar-refractivity contribution in [2.24, 2.45) is 46.3 Å². The Morgan fingerprint density at radius 1 is 0.935 bits per heavy atom. The van der Waals surface area contributed by atoms with Gasteiger partial charge in [0.2, 0.25) is 0 Å². The van der Waals surface area contributed by atoms with Gasteiger partial charge in [-0.15, -0.1) is 0 Å². The summed E-state index contributed by atoms with van der Waals surface area (Å²) in [5.41, 5.74) is 0.408. The Morgan fingerprint density at radius 2 is 1.61 bits per heavy atom. The Labute approximate surface area is 275 Å². The Bertz CT molecular complexity index is 1430. The number of fused-ring (bicyclic) bond motifs is 10. The summed E-state index contributed by atoms with van der Waals surface area (Å²) in [5.74, 6) is 0.506. The van der Waals surface area contributed by atoms with Gasteiger partial charge in [0.15, 0.2) is 0 Å². The molecule has 6 aliphatic rings. The van der Waals surface area contributed by atoms with Gasteiger partial charge < -0.3 is 14.2 Å². The zero-order valence-corrected chi connectivity index (χ0v) is 29.9. The molecule has 13 unspecified atom stereocenters.